The number of nitrogens with one attached hydrogen (secondary N) is 4. The van der Waals surface area contributed by atoms with Gasteiger partial charge in [0, 0.05) is 48.3 Å². The zero-order valence-electron chi connectivity index (χ0n) is 26.9. The maximum atomic E-state index is 14.1. The largest absolute Gasteiger partial charge is 0.383 e. The molecular weight excluding hydrogens is 609 g/mol. The second kappa shape index (κ2) is 13.3. The number of amides is 1. The van der Waals surface area contributed by atoms with E-state index < -0.39 is 17.5 Å². The molecule has 11 nitrogen and oxygen atoms in total. The number of halogens is 2. The SMILES string of the molecule is C=Nc1c(Cl)cc(N[C@H](C2=CN(C3(C(=O)N4CCOCC4)CC3)NN2)c2ccc(F)nc2C)cc1/C(NCC(C)(C)C)=C(\C)C#N. The highest BCUT2D eigenvalue weighted by molar-refractivity contribution is 6.33. The number of nitrogens with zero attached hydrogens (tertiary/aromatic N) is 5. The minimum Gasteiger partial charge on any atom is -0.383 e. The van der Waals surface area contributed by atoms with E-state index in [1.807, 2.05) is 22.2 Å². The minimum atomic E-state index is -0.701. The summed E-state index contributed by atoms with van der Waals surface area (Å²) in [6.07, 6.45) is 3.30. The fourth-order valence-electron chi connectivity index (χ4n) is 5.65. The summed E-state index contributed by atoms with van der Waals surface area (Å²) in [6.45, 7) is 16.3. The van der Waals surface area contributed by atoms with Gasteiger partial charge in [0.2, 0.25) is 11.9 Å². The molecule has 2 aromatic rings. The van der Waals surface area contributed by atoms with Crippen molar-refractivity contribution >= 4 is 41.3 Å². The van der Waals surface area contributed by atoms with Crippen LogP contribution >= 0.6 is 11.6 Å². The van der Waals surface area contributed by atoms with Gasteiger partial charge < -0.3 is 25.7 Å². The maximum Gasteiger partial charge on any atom is 0.250 e. The minimum absolute atomic E-state index is 0.0608. The van der Waals surface area contributed by atoms with Gasteiger partial charge in [0.05, 0.1) is 53.0 Å². The van der Waals surface area contributed by atoms with Crippen LogP contribution in [0.5, 0.6) is 0 Å². The molecule has 1 atom stereocenters. The molecule has 46 heavy (non-hydrogen) atoms. The second-order valence-corrected chi connectivity index (χ2v) is 13.5. The van der Waals surface area contributed by atoms with Gasteiger partial charge in [-0.3, -0.25) is 14.8 Å². The van der Waals surface area contributed by atoms with E-state index in [1.165, 1.54) is 6.07 Å². The van der Waals surface area contributed by atoms with Crippen molar-refractivity contribution in [2.75, 3.05) is 38.2 Å². The number of aliphatic imine (C=N–C) groups is 1. The molecule has 5 rings (SSSR count). The number of morpholine rings is 1. The number of hydrogen-bond acceptors (Lipinski definition) is 10. The quantitative estimate of drug-likeness (QED) is 0.158. The summed E-state index contributed by atoms with van der Waals surface area (Å²) in [5, 5.41) is 19.0. The van der Waals surface area contributed by atoms with Crippen LogP contribution in [-0.2, 0) is 9.53 Å². The molecule has 1 saturated heterocycles. The first kappa shape index (κ1) is 33.2. The molecule has 0 bridgehead atoms. The first-order chi connectivity index (χ1) is 21.9. The number of aromatic nitrogens is 1. The highest BCUT2D eigenvalue weighted by Crippen LogP contribution is 2.45. The molecule has 1 amide bonds. The summed E-state index contributed by atoms with van der Waals surface area (Å²) in [5.41, 5.74) is 10.3. The number of hydrogen-bond donors (Lipinski definition) is 4. The predicted molar refractivity (Wildman–Crippen MR) is 177 cm³/mol. The Kier molecular flexibility index (Phi) is 9.58. The number of aryl methyl sites for hydroxylation is 1. The lowest BCUT2D eigenvalue weighted by Crippen LogP contribution is -2.55. The van der Waals surface area contributed by atoms with Crippen molar-refractivity contribution in [3.05, 3.63) is 69.5 Å². The zero-order valence-corrected chi connectivity index (χ0v) is 27.7. The van der Waals surface area contributed by atoms with Crippen LogP contribution in [0.15, 0.2) is 46.7 Å². The van der Waals surface area contributed by atoms with Gasteiger partial charge in [0.15, 0.2) is 0 Å². The van der Waals surface area contributed by atoms with Crippen LogP contribution in [0.3, 0.4) is 0 Å². The molecule has 2 aliphatic heterocycles. The number of hydrazine groups is 2. The highest BCUT2D eigenvalue weighted by atomic mass is 35.5. The fourth-order valence-corrected chi connectivity index (χ4v) is 5.93. The van der Waals surface area contributed by atoms with Crippen molar-refractivity contribution in [1.82, 2.24) is 31.2 Å². The summed E-state index contributed by atoms with van der Waals surface area (Å²) >= 11 is 6.79. The second-order valence-electron chi connectivity index (χ2n) is 13.1. The van der Waals surface area contributed by atoms with E-state index in [-0.39, 0.29) is 11.3 Å². The van der Waals surface area contributed by atoms with Crippen LogP contribution in [0, 0.1) is 29.6 Å². The molecule has 244 valence electrons. The van der Waals surface area contributed by atoms with Gasteiger partial charge in [-0.15, -0.1) is 5.53 Å². The van der Waals surface area contributed by atoms with E-state index in [9.17, 15) is 14.4 Å². The Labute approximate surface area is 274 Å². The van der Waals surface area contributed by atoms with Gasteiger partial charge in [-0.25, -0.2) is 4.98 Å². The maximum absolute atomic E-state index is 14.1. The van der Waals surface area contributed by atoms with E-state index in [2.05, 4.69) is 65.1 Å². The van der Waals surface area contributed by atoms with Crippen molar-refractivity contribution in [3.8, 4) is 6.07 Å². The first-order valence-electron chi connectivity index (χ1n) is 15.3. The first-order valence-corrected chi connectivity index (χ1v) is 15.7. The Morgan fingerprint density at radius 2 is 2.02 bits per heavy atom. The number of ether oxygens (including phenoxy) is 1. The number of nitriles is 1. The fraction of sp³-hybridized carbons (Fsp3) is 0.455. The van der Waals surface area contributed by atoms with E-state index in [0.29, 0.717) is 95.9 Å². The molecule has 3 heterocycles. The Morgan fingerprint density at radius 3 is 2.63 bits per heavy atom. The molecular formula is C33H41ClFN9O2. The summed E-state index contributed by atoms with van der Waals surface area (Å²) in [4.78, 5) is 23.7. The lowest BCUT2D eigenvalue weighted by atomic mass is 9.95. The third-order valence-corrected chi connectivity index (χ3v) is 8.61. The van der Waals surface area contributed by atoms with Crippen molar-refractivity contribution < 1.29 is 13.9 Å². The third-order valence-electron chi connectivity index (χ3n) is 8.32. The number of anilines is 1. The van der Waals surface area contributed by atoms with Gasteiger partial charge in [0.1, 0.15) is 5.54 Å². The standard InChI is InChI=1S/C33H41ClFN9O2/c1-20(17-36)28(38-19-32(3,4)5)24-15-22(16-25(34)29(24)37-6)40-30(23-7-8-27(35)39-21(23)2)26-18-44(42-41-26)33(9-10-33)31(45)43-11-13-46-14-12-43/h7-8,15-16,18,30,38,40-42H,6,9-14,19H2,1-5H3/b28-20-/t30-/m0/s1. The molecule has 0 spiro atoms. The Bertz CT molecular complexity index is 1620. The van der Waals surface area contributed by atoms with E-state index in [1.54, 1.807) is 26.0 Å². The van der Waals surface area contributed by atoms with E-state index in [0.717, 1.165) is 0 Å². The van der Waals surface area contributed by atoms with Crippen LogP contribution in [0.2, 0.25) is 5.02 Å². The van der Waals surface area contributed by atoms with Crippen LogP contribution in [0.1, 0.15) is 63.4 Å². The number of benzene rings is 1. The number of allylic oxidation sites excluding steroid dienone is 1. The summed E-state index contributed by atoms with van der Waals surface area (Å²) in [7, 11) is 0. The topological polar surface area (TPSA) is 130 Å². The Hall–Kier alpha value is -4.18. The molecule has 13 heteroatoms. The van der Waals surface area contributed by atoms with Gasteiger partial charge in [-0.05, 0) is 57.0 Å². The molecule has 0 radical (unpaired) electrons. The van der Waals surface area contributed by atoms with Crippen molar-refractivity contribution in [2.24, 2.45) is 10.4 Å². The lowest BCUT2D eigenvalue weighted by Gasteiger charge is -2.34. The van der Waals surface area contributed by atoms with Crippen molar-refractivity contribution in [3.63, 3.8) is 0 Å². The summed E-state index contributed by atoms with van der Waals surface area (Å²) in [5.74, 6) is -0.523. The molecule has 2 fully saturated rings. The van der Waals surface area contributed by atoms with Crippen LogP contribution in [-0.4, -0.2) is 65.9 Å². The number of carbonyl (C=O) groups is 1. The number of rotatable bonds is 10. The van der Waals surface area contributed by atoms with Crippen LogP contribution < -0.4 is 21.6 Å². The molecule has 3 aliphatic rings. The van der Waals surface area contributed by atoms with Crippen LogP contribution in [0.25, 0.3) is 5.70 Å². The molecule has 0 unspecified atom stereocenters. The Morgan fingerprint density at radius 1 is 1.30 bits per heavy atom. The smallest absolute Gasteiger partial charge is 0.250 e. The number of pyridine rings is 1. The van der Waals surface area contributed by atoms with E-state index >= 15 is 0 Å². The predicted octanol–water partition coefficient (Wildman–Crippen LogP) is 5.12. The average Bonchev–Trinajstić information content (AvgIpc) is 3.68. The molecule has 1 aromatic carbocycles. The van der Waals surface area contributed by atoms with Gasteiger partial charge in [-0.2, -0.15) is 9.65 Å². The van der Waals surface area contributed by atoms with Gasteiger partial charge in [-0.1, -0.05) is 38.4 Å². The Balaban J connectivity index is 1.53. The molecule has 1 aliphatic carbocycles. The summed E-state index contributed by atoms with van der Waals surface area (Å²) < 4.78 is 19.6. The summed E-state index contributed by atoms with van der Waals surface area (Å²) in [6, 6.07) is 8.30. The molecule has 1 aromatic heterocycles. The normalized spacial score (nSPS) is 18.5. The molecule has 4 N–H and O–H groups in total. The van der Waals surface area contributed by atoms with Crippen LogP contribution in [0.4, 0.5) is 15.8 Å². The van der Waals surface area contributed by atoms with Crippen molar-refractivity contribution in [1.29, 1.82) is 5.26 Å². The third kappa shape index (κ3) is 6.97. The van der Waals surface area contributed by atoms with Gasteiger partial charge in [0.25, 0.3) is 0 Å². The molecule has 1 saturated carbocycles. The highest BCUT2D eigenvalue weighted by Gasteiger charge is 2.57. The lowest BCUT2D eigenvalue weighted by molar-refractivity contribution is -0.142. The zero-order chi connectivity index (χ0) is 33.2. The van der Waals surface area contributed by atoms with E-state index in [4.69, 9.17) is 16.3 Å². The van der Waals surface area contributed by atoms with Crippen molar-refractivity contribution in [2.45, 2.75) is 59.0 Å². The monoisotopic (exact) mass is 649 g/mol. The average molecular weight is 650 g/mol. The number of carbonyl (C=O) groups excluding carboxylic acids is 1. The van der Waals surface area contributed by atoms with Gasteiger partial charge >= 0.3 is 0 Å².